The maximum Gasteiger partial charge on any atom is 0.264 e. The number of rotatable bonds is 10. The van der Waals surface area contributed by atoms with Gasteiger partial charge in [-0.05, 0) is 91.3 Å². The number of benzene rings is 4. The number of ether oxygens (including phenoxy) is 1. The number of carbonyl (C=O) groups excluding carboxylic acids is 1. The number of para-hydroxylation sites is 1. The molecule has 0 saturated carbocycles. The molecule has 0 fully saturated rings. The quantitative estimate of drug-likeness (QED) is 0.277. The van der Waals surface area contributed by atoms with Gasteiger partial charge < -0.3 is 10.1 Å². The van der Waals surface area contributed by atoms with Gasteiger partial charge in [0.1, 0.15) is 18.1 Å². The normalized spacial score (nSPS) is 11.5. The Hall–Kier alpha value is -4.42. The predicted molar refractivity (Wildman–Crippen MR) is 151 cm³/mol. The molecular formula is C28H26FN3O6S2. The third kappa shape index (κ3) is 6.58. The molecule has 0 radical (unpaired) electrons. The highest BCUT2D eigenvalue weighted by molar-refractivity contribution is 7.93. The molecule has 40 heavy (non-hydrogen) atoms. The van der Waals surface area contributed by atoms with Crippen LogP contribution in [0.2, 0.25) is 0 Å². The number of nitrogens with one attached hydrogen (secondary N) is 2. The maximum atomic E-state index is 13.4. The molecule has 0 heterocycles. The van der Waals surface area contributed by atoms with Gasteiger partial charge in [0.15, 0.2) is 0 Å². The number of nitrogens with zero attached hydrogens (tertiary/aromatic N) is 1. The average molecular weight is 584 g/mol. The summed E-state index contributed by atoms with van der Waals surface area (Å²) < 4.78 is 74.4. The van der Waals surface area contributed by atoms with Crippen molar-refractivity contribution in [2.24, 2.45) is 0 Å². The summed E-state index contributed by atoms with van der Waals surface area (Å²) in [6, 6.07) is 22.7. The first-order chi connectivity index (χ1) is 19.0. The van der Waals surface area contributed by atoms with Crippen LogP contribution in [0.1, 0.15) is 5.56 Å². The zero-order chi connectivity index (χ0) is 28.9. The van der Waals surface area contributed by atoms with Gasteiger partial charge in [-0.2, -0.15) is 0 Å². The molecule has 4 rings (SSSR count). The van der Waals surface area contributed by atoms with Crippen molar-refractivity contribution >= 4 is 43.0 Å². The molecule has 0 aliphatic rings. The fourth-order valence-electron chi connectivity index (χ4n) is 3.74. The SMILES string of the molecule is COc1ccc(N(CC(=O)Nc2ccc(S(=O)(=O)Nc3ccccc3C)cc2)S(=O)(=O)c2ccc(F)cc2)cc1. The molecule has 1 amide bonds. The van der Waals surface area contributed by atoms with Crippen molar-refractivity contribution in [2.75, 3.05) is 28.0 Å². The highest BCUT2D eigenvalue weighted by atomic mass is 32.2. The topological polar surface area (TPSA) is 122 Å². The number of sulfonamides is 2. The lowest BCUT2D eigenvalue weighted by atomic mass is 10.2. The first-order valence-electron chi connectivity index (χ1n) is 11.9. The van der Waals surface area contributed by atoms with Crippen LogP contribution in [-0.2, 0) is 24.8 Å². The average Bonchev–Trinajstić information content (AvgIpc) is 2.93. The van der Waals surface area contributed by atoms with Crippen molar-refractivity contribution in [3.8, 4) is 5.75 Å². The standard InChI is InChI=1S/C28H26FN3O6S2/c1-20-5-3-4-6-27(20)31-39(34,35)25-17-9-22(10-18-25)30-28(33)19-32(23-11-13-24(38-2)14-12-23)40(36,37)26-15-7-21(29)8-16-26/h3-18,31H,19H2,1-2H3,(H,30,33). The molecule has 0 unspecified atom stereocenters. The van der Waals surface area contributed by atoms with Crippen LogP contribution in [0.5, 0.6) is 5.75 Å². The van der Waals surface area contributed by atoms with Crippen molar-refractivity contribution in [3.05, 3.63) is 108 Å². The second kappa shape index (κ2) is 11.8. The fourth-order valence-corrected chi connectivity index (χ4v) is 6.29. The Morgan fingerprint density at radius 1 is 0.825 bits per heavy atom. The number of amides is 1. The highest BCUT2D eigenvalue weighted by Crippen LogP contribution is 2.26. The van der Waals surface area contributed by atoms with Crippen LogP contribution in [0.4, 0.5) is 21.5 Å². The van der Waals surface area contributed by atoms with Crippen LogP contribution in [0.3, 0.4) is 0 Å². The van der Waals surface area contributed by atoms with Crippen LogP contribution in [0, 0.1) is 12.7 Å². The molecule has 0 aliphatic carbocycles. The maximum absolute atomic E-state index is 13.4. The summed E-state index contributed by atoms with van der Waals surface area (Å²) in [6.07, 6.45) is 0. The minimum atomic E-state index is -4.26. The van der Waals surface area contributed by atoms with E-state index in [9.17, 15) is 26.0 Å². The molecule has 0 atom stereocenters. The molecule has 12 heteroatoms. The Morgan fingerprint density at radius 2 is 1.43 bits per heavy atom. The number of methoxy groups -OCH3 is 1. The van der Waals surface area contributed by atoms with Crippen molar-refractivity contribution in [1.82, 2.24) is 0 Å². The fraction of sp³-hybridized carbons (Fsp3) is 0.107. The Bertz CT molecular complexity index is 1710. The van der Waals surface area contributed by atoms with Crippen molar-refractivity contribution in [2.45, 2.75) is 16.7 Å². The van der Waals surface area contributed by atoms with E-state index in [1.54, 1.807) is 43.3 Å². The zero-order valence-corrected chi connectivity index (χ0v) is 23.2. The largest absolute Gasteiger partial charge is 0.497 e. The zero-order valence-electron chi connectivity index (χ0n) is 21.5. The van der Waals surface area contributed by atoms with E-state index in [0.717, 1.165) is 34.1 Å². The van der Waals surface area contributed by atoms with Crippen LogP contribution in [-0.4, -0.2) is 36.4 Å². The first-order valence-corrected chi connectivity index (χ1v) is 14.8. The van der Waals surface area contributed by atoms with Gasteiger partial charge in [-0.1, -0.05) is 18.2 Å². The molecule has 0 saturated heterocycles. The summed E-state index contributed by atoms with van der Waals surface area (Å²) >= 11 is 0. The van der Waals surface area contributed by atoms with Gasteiger partial charge in [0.2, 0.25) is 5.91 Å². The van der Waals surface area contributed by atoms with Gasteiger partial charge in [-0.3, -0.25) is 13.8 Å². The van der Waals surface area contributed by atoms with Crippen LogP contribution < -0.4 is 19.1 Å². The number of hydrogen-bond acceptors (Lipinski definition) is 6. The number of aryl methyl sites for hydroxylation is 1. The van der Waals surface area contributed by atoms with Crippen LogP contribution in [0.25, 0.3) is 0 Å². The van der Waals surface area contributed by atoms with E-state index in [0.29, 0.717) is 11.4 Å². The second-order valence-corrected chi connectivity index (χ2v) is 12.2. The molecule has 0 aliphatic heterocycles. The Balaban J connectivity index is 1.54. The second-order valence-electron chi connectivity index (χ2n) is 8.66. The van der Waals surface area contributed by atoms with E-state index in [-0.39, 0.29) is 21.2 Å². The molecule has 0 aromatic heterocycles. The summed E-state index contributed by atoms with van der Waals surface area (Å²) in [5, 5.41) is 2.59. The Morgan fingerprint density at radius 3 is 2.02 bits per heavy atom. The van der Waals surface area contributed by atoms with Gasteiger partial charge in [0, 0.05) is 5.69 Å². The molecule has 2 N–H and O–H groups in total. The number of anilines is 3. The predicted octanol–water partition coefficient (Wildman–Crippen LogP) is 4.78. The summed E-state index contributed by atoms with van der Waals surface area (Å²) in [6.45, 7) is 1.17. The Labute approximate surface area is 232 Å². The lowest BCUT2D eigenvalue weighted by Gasteiger charge is -2.24. The summed E-state index contributed by atoms with van der Waals surface area (Å²) in [4.78, 5) is 12.8. The molecule has 4 aromatic carbocycles. The van der Waals surface area contributed by atoms with Gasteiger partial charge in [0.25, 0.3) is 20.0 Å². The minimum absolute atomic E-state index is 0.0208. The lowest BCUT2D eigenvalue weighted by Crippen LogP contribution is -2.38. The summed E-state index contributed by atoms with van der Waals surface area (Å²) in [7, 11) is -6.68. The molecule has 4 aromatic rings. The van der Waals surface area contributed by atoms with Crippen molar-refractivity contribution in [1.29, 1.82) is 0 Å². The van der Waals surface area contributed by atoms with E-state index in [2.05, 4.69) is 10.0 Å². The van der Waals surface area contributed by atoms with E-state index >= 15 is 0 Å². The minimum Gasteiger partial charge on any atom is -0.497 e. The van der Waals surface area contributed by atoms with Crippen LogP contribution in [0.15, 0.2) is 107 Å². The van der Waals surface area contributed by atoms with Gasteiger partial charge in [-0.15, -0.1) is 0 Å². The summed E-state index contributed by atoms with van der Waals surface area (Å²) in [5.74, 6) is -0.804. The van der Waals surface area contributed by atoms with Gasteiger partial charge >= 0.3 is 0 Å². The third-order valence-electron chi connectivity index (χ3n) is 5.89. The van der Waals surface area contributed by atoms with Gasteiger partial charge in [-0.25, -0.2) is 21.2 Å². The molecular weight excluding hydrogens is 557 g/mol. The number of hydrogen-bond donors (Lipinski definition) is 2. The Kier molecular flexibility index (Phi) is 8.40. The van der Waals surface area contributed by atoms with Crippen molar-refractivity contribution < 1.29 is 30.8 Å². The van der Waals surface area contributed by atoms with Crippen molar-refractivity contribution in [3.63, 3.8) is 0 Å². The lowest BCUT2D eigenvalue weighted by molar-refractivity contribution is -0.114. The number of carbonyl (C=O) groups is 1. The van der Waals surface area contributed by atoms with E-state index in [1.165, 1.54) is 43.5 Å². The monoisotopic (exact) mass is 583 g/mol. The molecule has 208 valence electrons. The molecule has 0 bridgehead atoms. The van der Waals surface area contributed by atoms with Crippen LogP contribution >= 0.6 is 0 Å². The third-order valence-corrected chi connectivity index (χ3v) is 9.06. The molecule has 0 spiro atoms. The highest BCUT2D eigenvalue weighted by Gasteiger charge is 2.27. The first kappa shape index (κ1) is 28.6. The smallest absolute Gasteiger partial charge is 0.264 e. The summed E-state index contributed by atoms with van der Waals surface area (Å²) in [5.41, 5.74) is 1.64. The van der Waals surface area contributed by atoms with Gasteiger partial charge in [0.05, 0.1) is 28.3 Å². The van der Waals surface area contributed by atoms with E-state index < -0.39 is 38.3 Å². The molecule has 9 nitrogen and oxygen atoms in total. The number of halogens is 1. The van der Waals surface area contributed by atoms with E-state index in [4.69, 9.17) is 4.74 Å². The van der Waals surface area contributed by atoms with E-state index in [1.807, 2.05) is 0 Å².